The number of rotatable bonds is 7. The molecule has 0 bridgehead atoms. The van der Waals surface area contributed by atoms with Gasteiger partial charge in [-0.15, -0.1) is 0 Å². The minimum absolute atomic E-state index is 0.368. The smallest absolute Gasteiger partial charge is 0.341 e. The van der Waals surface area contributed by atoms with Crippen molar-refractivity contribution in [2.24, 2.45) is 0 Å². The van der Waals surface area contributed by atoms with Gasteiger partial charge in [-0.05, 0) is 23.8 Å². The van der Waals surface area contributed by atoms with Gasteiger partial charge in [-0.1, -0.05) is 54.0 Å². The maximum Gasteiger partial charge on any atom is 0.341 e. The average Bonchev–Trinajstić information content (AvgIpc) is 2.50. The van der Waals surface area contributed by atoms with Gasteiger partial charge in [0.2, 0.25) is 0 Å². The molecule has 0 aliphatic rings. The van der Waals surface area contributed by atoms with Crippen LogP contribution in [0, 0.1) is 0 Å². The van der Waals surface area contributed by atoms with Gasteiger partial charge >= 0.3 is 5.97 Å². The summed E-state index contributed by atoms with van der Waals surface area (Å²) in [4.78, 5) is 10.5. The van der Waals surface area contributed by atoms with Crippen LogP contribution in [0.4, 0.5) is 11.4 Å². The van der Waals surface area contributed by atoms with Gasteiger partial charge in [-0.25, -0.2) is 4.79 Å². The first-order valence-electron chi connectivity index (χ1n) is 6.78. The molecule has 0 radical (unpaired) electrons. The Morgan fingerprint density at radius 1 is 1.13 bits per heavy atom. The largest absolute Gasteiger partial charge is 0.487 e. The summed E-state index contributed by atoms with van der Waals surface area (Å²) in [5.41, 5.74) is 2.29. The molecule has 0 aliphatic heterocycles. The minimum Gasteiger partial charge on any atom is -0.487 e. The summed E-state index contributed by atoms with van der Waals surface area (Å²) >= 11 is 12.3. The molecular formula is C17H15Cl2NO3. The molecule has 0 aliphatic carbocycles. The number of aliphatic carboxylic acids is 1. The van der Waals surface area contributed by atoms with Crippen molar-refractivity contribution in [3.63, 3.8) is 0 Å². The number of allylic oxidation sites excluding steroid dienone is 1. The molecule has 0 heterocycles. The SMILES string of the molecule is C=C(Cc1ccccc1Nc1c(Cl)cccc1Cl)OCC(=O)O. The van der Waals surface area contributed by atoms with E-state index in [4.69, 9.17) is 33.0 Å². The van der Waals surface area contributed by atoms with E-state index in [1.807, 2.05) is 24.3 Å². The van der Waals surface area contributed by atoms with Gasteiger partial charge in [-0.3, -0.25) is 0 Å². The lowest BCUT2D eigenvalue weighted by Gasteiger charge is -2.15. The fourth-order valence-electron chi connectivity index (χ4n) is 1.98. The Labute approximate surface area is 144 Å². The van der Waals surface area contributed by atoms with Crippen molar-refractivity contribution in [3.05, 3.63) is 70.4 Å². The summed E-state index contributed by atoms with van der Waals surface area (Å²) in [5, 5.41) is 12.8. The third kappa shape index (κ3) is 4.91. The second kappa shape index (κ2) is 7.90. The Bertz CT molecular complexity index is 711. The standard InChI is InChI=1S/C17H15Cl2NO3/c1-11(23-10-16(21)22)9-12-5-2-3-8-15(12)20-17-13(18)6-4-7-14(17)19/h2-8,20H,1,9-10H2,(H,21,22). The van der Waals surface area contributed by atoms with E-state index in [-0.39, 0.29) is 0 Å². The van der Waals surface area contributed by atoms with Gasteiger partial charge in [0.15, 0.2) is 6.61 Å². The van der Waals surface area contributed by atoms with E-state index < -0.39 is 12.6 Å². The molecule has 0 aromatic heterocycles. The molecule has 2 aromatic carbocycles. The molecule has 0 fully saturated rings. The summed E-state index contributed by atoms with van der Waals surface area (Å²) in [6.07, 6.45) is 0.374. The summed E-state index contributed by atoms with van der Waals surface area (Å²) in [6.45, 7) is 3.33. The fourth-order valence-corrected chi connectivity index (χ4v) is 2.47. The van der Waals surface area contributed by atoms with Gasteiger partial charge in [0.05, 0.1) is 21.5 Å². The Balaban J connectivity index is 2.18. The number of para-hydroxylation sites is 2. The molecule has 2 aromatic rings. The van der Waals surface area contributed by atoms with Crippen LogP contribution in [-0.4, -0.2) is 17.7 Å². The van der Waals surface area contributed by atoms with Gasteiger partial charge in [-0.2, -0.15) is 0 Å². The molecule has 0 saturated carbocycles. The lowest BCUT2D eigenvalue weighted by atomic mass is 10.1. The number of benzene rings is 2. The summed E-state index contributed by atoms with van der Waals surface area (Å²) in [6, 6.07) is 12.8. The van der Waals surface area contributed by atoms with Gasteiger partial charge in [0.1, 0.15) is 0 Å². The van der Waals surface area contributed by atoms with Crippen LogP contribution in [0.15, 0.2) is 54.8 Å². The zero-order chi connectivity index (χ0) is 16.8. The zero-order valence-corrected chi connectivity index (χ0v) is 13.7. The van der Waals surface area contributed by atoms with Crippen molar-refractivity contribution in [3.8, 4) is 0 Å². The van der Waals surface area contributed by atoms with E-state index in [1.54, 1.807) is 18.2 Å². The lowest BCUT2D eigenvalue weighted by Crippen LogP contribution is -2.08. The number of anilines is 2. The van der Waals surface area contributed by atoms with Crippen LogP contribution in [0.25, 0.3) is 0 Å². The molecule has 6 heteroatoms. The van der Waals surface area contributed by atoms with E-state index in [0.29, 0.717) is 27.9 Å². The van der Waals surface area contributed by atoms with Crippen LogP contribution in [0.5, 0.6) is 0 Å². The van der Waals surface area contributed by atoms with Crippen LogP contribution in [0.3, 0.4) is 0 Å². The van der Waals surface area contributed by atoms with E-state index >= 15 is 0 Å². The number of ether oxygens (including phenoxy) is 1. The molecule has 0 spiro atoms. The highest BCUT2D eigenvalue weighted by Gasteiger charge is 2.10. The Morgan fingerprint density at radius 2 is 1.78 bits per heavy atom. The number of nitrogens with one attached hydrogen (secondary N) is 1. The quantitative estimate of drug-likeness (QED) is 0.697. The molecule has 2 rings (SSSR count). The van der Waals surface area contributed by atoms with Crippen LogP contribution >= 0.6 is 23.2 Å². The zero-order valence-electron chi connectivity index (χ0n) is 12.2. The number of carboxylic acid groups (broad SMARTS) is 1. The molecule has 0 atom stereocenters. The Morgan fingerprint density at radius 3 is 2.43 bits per heavy atom. The highest BCUT2D eigenvalue weighted by atomic mass is 35.5. The van der Waals surface area contributed by atoms with Crippen LogP contribution < -0.4 is 5.32 Å². The Hall–Kier alpha value is -2.17. The maximum atomic E-state index is 10.5. The fraction of sp³-hybridized carbons (Fsp3) is 0.118. The number of carboxylic acids is 1. The number of halogens is 2. The van der Waals surface area contributed by atoms with Crippen LogP contribution in [-0.2, 0) is 16.0 Å². The molecule has 0 saturated heterocycles. The van der Waals surface area contributed by atoms with Crippen molar-refractivity contribution in [2.45, 2.75) is 6.42 Å². The Kier molecular flexibility index (Phi) is 5.90. The molecule has 120 valence electrons. The third-order valence-corrected chi connectivity index (χ3v) is 3.66. The van der Waals surface area contributed by atoms with E-state index in [0.717, 1.165) is 11.3 Å². The maximum absolute atomic E-state index is 10.5. The topological polar surface area (TPSA) is 58.6 Å². The van der Waals surface area contributed by atoms with Crippen molar-refractivity contribution in [1.29, 1.82) is 0 Å². The first-order valence-corrected chi connectivity index (χ1v) is 7.54. The molecule has 0 unspecified atom stereocenters. The van der Waals surface area contributed by atoms with Gasteiger partial charge < -0.3 is 15.2 Å². The predicted octanol–water partition coefficient (Wildman–Crippen LogP) is 4.89. The lowest BCUT2D eigenvalue weighted by molar-refractivity contribution is -0.140. The monoisotopic (exact) mass is 351 g/mol. The van der Waals surface area contributed by atoms with Crippen molar-refractivity contribution in [1.82, 2.24) is 0 Å². The molecule has 0 amide bonds. The van der Waals surface area contributed by atoms with Crippen molar-refractivity contribution < 1.29 is 14.6 Å². The molecule has 4 nitrogen and oxygen atoms in total. The minimum atomic E-state index is -1.04. The average molecular weight is 352 g/mol. The third-order valence-electron chi connectivity index (χ3n) is 3.03. The number of hydrogen-bond acceptors (Lipinski definition) is 3. The highest BCUT2D eigenvalue weighted by molar-refractivity contribution is 6.39. The number of carbonyl (C=O) groups is 1. The van der Waals surface area contributed by atoms with Gasteiger partial charge in [0, 0.05) is 12.1 Å². The van der Waals surface area contributed by atoms with E-state index in [9.17, 15) is 4.79 Å². The number of hydrogen-bond donors (Lipinski definition) is 2. The first-order chi connectivity index (χ1) is 11.0. The second-order valence-corrected chi connectivity index (χ2v) is 5.59. The van der Waals surface area contributed by atoms with Crippen molar-refractivity contribution in [2.75, 3.05) is 11.9 Å². The highest BCUT2D eigenvalue weighted by Crippen LogP contribution is 2.33. The normalized spacial score (nSPS) is 10.2. The van der Waals surface area contributed by atoms with Crippen LogP contribution in [0.1, 0.15) is 5.56 Å². The molecule has 2 N–H and O–H groups in total. The molecular weight excluding hydrogens is 337 g/mol. The summed E-state index contributed by atoms with van der Waals surface area (Å²) < 4.78 is 5.09. The van der Waals surface area contributed by atoms with Crippen molar-refractivity contribution >= 4 is 40.5 Å². The van der Waals surface area contributed by atoms with Crippen LogP contribution in [0.2, 0.25) is 10.0 Å². The molecule has 23 heavy (non-hydrogen) atoms. The van der Waals surface area contributed by atoms with E-state index in [1.165, 1.54) is 0 Å². The summed E-state index contributed by atoms with van der Waals surface area (Å²) in [5.74, 6) is -0.674. The first kappa shape index (κ1) is 17.2. The summed E-state index contributed by atoms with van der Waals surface area (Å²) in [7, 11) is 0. The second-order valence-electron chi connectivity index (χ2n) is 4.78. The van der Waals surface area contributed by atoms with E-state index in [2.05, 4.69) is 11.9 Å². The van der Waals surface area contributed by atoms with Gasteiger partial charge in [0.25, 0.3) is 0 Å². The predicted molar refractivity (Wildman–Crippen MR) is 92.6 cm³/mol.